The lowest BCUT2D eigenvalue weighted by Crippen LogP contribution is -2.56. The van der Waals surface area contributed by atoms with E-state index >= 15 is 0 Å². The molecular formula is C64H50B10F2N4. The van der Waals surface area contributed by atoms with Gasteiger partial charge in [-0.15, -0.1) is 10.9 Å². The fraction of sp³-hybridized carbons (Fsp3) is 0. The predicted octanol–water partition coefficient (Wildman–Crippen LogP) is 0.580. The molecule has 370 valence electrons. The van der Waals surface area contributed by atoms with Crippen molar-refractivity contribution in [2.45, 2.75) is 0 Å². The average Bonchev–Trinajstić information content (AvgIpc) is 4.17. The first-order valence-corrected chi connectivity index (χ1v) is 27.7. The van der Waals surface area contributed by atoms with Gasteiger partial charge >= 0.3 is 0 Å². The molecule has 0 saturated heterocycles. The van der Waals surface area contributed by atoms with Gasteiger partial charge in [-0.25, -0.2) is 8.78 Å². The molecule has 0 aliphatic carbocycles. The summed E-state index contributed by atoms with van der Waals surface area (Å²) in [5.41, 5.74) is 25.6. The summed E-state index contributed by atoms with van der Waals surface area (Å²) in [6, 6.07) is 62.5. The standard InChI is InChI=1S/C64H50B10F2N4/c65-53-55(67)59(71)63(60(72)56(53)68)79-45-7-3-1-5-39(45)43-29-37(21-27-49(43)79)77(35-17-13-33(75)14-18-35)47-25-11-31-10-24-42-48(26-12-32-9-23-41(47)51(31)52(32)42)78(36-19-15-34(76)16-20-36)38-22-28-50-44(30-38)40-6-2-4-8-46(40)80(50)64-61(73)57(69)54(66)58(70)62(64)74/h1-30H,65-74H2. The fourth-order valence-corrected chi connectivity index (χ4v) is 13.5. The maximum atomic E-state index is 15.0. The molecule has 0 radical (unpaired) electrons. The number of fused-ring (bicyclic) bond motifs is 6. The third kappa shape index (κ3) is 7.26. The van der Waals surface area contributed by atoms with E-state index in [-0.39, 0.29) is 11.6 Å². The number of rotatable bonds is 8. The smallest absolute Gasteiger partial charge is 0.141 e. The van der Waals surface area contributed by atoms with Gasteiger partial charge in [-0.05, 0) is 131 Å². The summed E-state index contributed by atoms with van der Waals surface area (Å²) in [6.45, 7) is 0. The van der Waals surface area contributed by atoms with Crippen LogP contribution >= 0.6 is 0 Å². The second-order valence-electron chi connectivity index (χ2n) is 22.3. The van der Waals surface area contributed by atoms with E-state index in [4.69, 9.17) is 0 Å². The maximum Gasteiger partial charge on any atom is 0.141 e. The van der Waals surface area contributed by atoms with E-state index in [0.29, 0.717) is 0 Å². The minimum absolute atomic E-state index is 0.290. The molecule has 0 aliphatic heterocycles. The molecule has 0 amide bonds. The summed E-state index contributed by atoms with van der Waals surface area (Å²) in [5.74, 6) is -0.580. The molecule has 0 spiro atoms. The molecule has 14 aromatic rings. The highest BCUT2D eigenvalue weighted by Gasteiger charge is 2.26. The van der Waals surface area contributed by atoms with Gasteiger partial charge in [0.2, 0.25) is 0 Å². The van der Waals surface area contributed by atoms with Crippen molar-refractivity contribution >= 4 is 243 Å². The SMILES string of the molecule is Bc1c(B)c(B)c(-n2c3ccccc3c3cc(N(c4ccc(F)cc4)c4ccc5ccc6c(N(c7ccc(F)cc7)c7ccc8c(c7)c7ccccc7n8-c7c(B)c(B)c(B)c(B)c7B)ccc7ccc4c5c76)ccc32)c(B)c1B. The lowest BCUT2D eigenvalue weighted by molar-refractivity contribution is 0.627. The Kier molecular flexibility index (Phi) is 11.5. The Hall–Kier alpha value is -8.61. The molecule has 0 bridgehead atoms. The largest absolute Gasteiger partial charge is 0.310 e. The van der Waals surface area contributed by atoms with Gasteiger partial charge in [-0.2, -0.15) is 0 Å². The third-order valence-electron chi connectivity index (χ3n) is 18.5. The first-order valence-electron chi connectivity index (χ1n) is 27.7. The quantitative estimate of drug-likeness (QED) is 0.164. The lowest BCUT2D eigenvalue weighted by atomic mass is 9.61. The van der Waals surface area contributed by atoms with Crippen molar-refractivity contribution in [2.24, 2.45) is 0 Å². The van der Waals surface area contributed by atoms with E-state index in [1.165, 1.54) is 76.8 Å². The van der Waals surface area contributed by atoms with E-state index in [1.807, 2.05) is 24.3 Å². The number of hydrogen-bond acceptors (Lipinski definition) is 2. The van der Waals surface area contributed by atoms with Crippen LogP contribution in [-0.4, -0.2) is 87.6 Å². The highest BCUT2D eigenvalue weighted by Crippen LogP contribution is 2.49. The van der Waals surface area contributed by atoms with Crippen molar-refractivity contribution in [3.8, 4) is 11.4 Å². The Labute approximate surface area is 473 Å². The fourth-order valence-electron chi connectivity index (χ4n) is 13.5. The van der Waals surface area contributed by atoms with E-state index in [9.17, 15) is 8.78 Å². The summed E-state index contributed by atoms with van der Waals surface area (Å²) in [6.07, 6.45) is 0. The molecule has 2 heterocycles. The van der Waals surface area contributed by atoms with Gasteiger partial charge in [0.25, 0.3) is 0 Å². The summed E-state index contributed by atoms with van der Waals surface area (Å²) < 4.78 is 34.9. The molecule has 16 heteroatoms. The second kappa shape index (κ2) is 18.5. The first-order chi connectivity index (χ1) is 38.7. The molecule has 2 aromatic heterocycles. The molecule has 4 nitrogen and oxygen atoms in total. The van der Waals surface area contributed by atoms with Crippen molar-refractivity contribution in [1.29, 1.82) is 0 Å². The lowest BCUT2D eigenvalue weighted by Gasteiger charge is -2.29. The van der Waals surface area contributed by atoms with Crippen LogP contribution in [0.2, 0.25) is 0 Å². The molecule has 80 heavy (non-hydrogen) atoms. The summed E-state index contributed by atoms with van der Waals surface area (Å²) >= 11 is 0. The van der Waals surface area contributed by atoms with Crippen LogP contribution < -0.4 is 64.4 Å². The molecule has 0 saturated carbocycles. The van der Waals surface area contributed by atoms with Crippen molar-refractivity contribution < 1.29 is 8.78 Å². The van der Waals surface area contributed by atoms with E-state index < -0.39 is 0 Å². The van der Waals surface area contributed by atoms with Crippen LogP contribution in [0, 0.1) is 11.6 Å². The number of hydrogen-bond donors (Lipinski definition) is 0. The summed E-state index contributed by atoms with van der Waals surface area (Å²) in [7, 11) is 22.4. The molecule has 12 aromatic carbocycles. The Morgan fingerprint density at radius 3 is 0.963 bits per heavy atom. The average molecular weight is 1020 g/mol. The molecule has 0 fully saturated rings. The van der Waals surface area contributed by atoms with Gasteiger partial charge in [0.1, 0.15) is 90.1 Å². The Morgan fingerprint density at radius 1 is 0.275 bits per heavy atom. The van der Waals surface area contributed by atoms with Crippen LogP contribution in [0.1, 0.15) is 0 Å². The van der Waals surface area contributed by atoms with Crippen molar-refractivity contribution in [2.75, 3.05) is 9.80 Å². The summed E-state index contributed by atoms with van der Waals surface area (Å²) in [5, 5.41) is 11.2. The third-order valence-corrected chi connectivity index (χ3v) is 18.5. The molecule has 14 rings (SSSR count). The number of para-hydroxylation sites is 2. The van der Waals surface area contributed by atoms with Crippen molar-refractivity contribution in [3.05, 3.63) is 194 Å². The number of aromatic nitrogens is 2. The van der Waals surface area contributed by atoms with Gasteiger partial charge in [-0.3, -0.25) is 0 Å². The van der Waals surface area contributed by atoms with E-state index in [0.717, 1.165) is 99.3 Å². The zero-order valence-corrected chi connectivity index (χ0v) is 46.9. The molecular weight excluding hydrogens is 971 g/mol. The summed E-state index contributed by atoms with van der Waals surface area (Å²) in [4.78, 5) is 4.57. The van der Waals surface area contributed by atoms with E-state index in [1.54, 1.807) is 24.3 Å². The van der Waals surface area contributed by atoms with Gasteiger partial charge in [-0.1, -0.05) is 116 Å². The molecule has 0 N–H and O–H groups in total. The number of anilines is 6. The van der Waals surface area contributed by atoms with Crippen LogP contribution in [0.5, 0.6) is 0 Å². The van der Waals surface area contributed by atoms with Gasteiger partial charge in [0.15, 0.2) is 0 Å². The molecule has 0 unspecified atom stereocenters. The monoisotopic (exact) mass is 1020 g/mol. The van der Waals surface area contributed by atoms with E-state index in [2.05, 4.69) is 231 Å². The van der Waals surface area contributed by atoms with Crippen LogP contribution in [0.3, 0.4) is 0 Å². The Bertz CT molecular complexity index is 4580. The minimum Gasteiger partial charge on any atom is -0.310 e. The van der Waals surface area contributed by atoms with Crippen LogP contribution in [0.25, 0.3) is 87.3 Å². The zero-order valence-electron chi connectivity index (χ0n) is 46.9. The topological polar surface area (TPSA) is 16.3 Å². The van der Waals surface area contributed by atoms with Crippen LogP contribution in [0.15, 0.2) is 182 Å². The molecule has 0 aliphatic rings. The number of halogens is 2. The normalized spacial score (nSPS) is 11.9. The molecule has 0 atom stereocenters. The Morgan fingerprint density at radius 2 is 0.588 bits per heavy atom. The van der Waals surface area contributed by atoms with Crippen LogP contribution in [0.4, 0.5) is 42.9 Å². The number of nitrogens with zero attached hydrogens (tertiary/aromatic N) is 4. The van der Waals surface area contributed by atoms with Crippen molar-refractivity contribution in [1.82, 2.24) is 9.13 Å². The zero-order chi connectivity index (χ0) is 55.2. The second-order valence-corrected chi connectivity index (χ2v) is 22.3. The predicted molar refractivity (Wildman–Crippen MR) is 370 cm³/mol. The highest BCUT2D eigenvalue weighted by atomic mass is 19.1. The minimum atomic E-state index is -0.290. The maximum absolute atomic E-state index is 15.0. The van der Waals surface area contributed by atoms with Gasteiger partial charge < -0.3 is 18.9 Å². The highest BCUT2D eigenvalue weighted by molar-refractivity contribution is 6.69. The van der Waals surface area contributed by atoms with Crippen molar-refractivity contribution in [3.63, 3.8) is 0 Å². The Balaban J connectivity index is 0.981. The first kappa shape index (κ1) is 49.7. The number of benzene rings is 12. The van der Waals surface area contributed by atoms with Gasteiger partial charge in [0.05, 0.1) is 33.4 Å². The van der Waals surface area contributed by atoms with Crippen LogP contribution in [-0.2, 0) is 0 Å². The van der Waals surface area contributed by atoms with Gasteiger partial charge in [0, 0.05) is 66.4 Å².